The van der Waals surface area contributed by atoms with E-state index in [0.717, 1.165) is 25.2 Å². The van der Waals surface area contributed by atoms with Crippen LogP contribution in [0.5, 0.6) is 0 Å². The molecular formula is C16H23F2N. The van der Waals surface area contributed by atoms with E-state index >= 15 is 0 Å². The second-order valence-corrected chi connectivity index (χ2v) is 5.95. The minimum Gasteiger partial charge on any atom is -0.308 e. The van der Waals surface area contributed by atoms with Gasteiger partial charge in [0.2, 0.25) is 0 Å². The molecule has 1 aromatic carbocycles. The summed E-state index contributed by atoms with van der Waals surface area (Å²) in [5, 5.41) is 3.08. The highest BCUT2D eigenvalue weighted by Crippen LogP contribution is 2.31. The zero-order chi connectivity index (χ0) is 13.9. The van der Waals surface area contributed by atoms with Crippen LogP contribution in [0.2, 0.25) is 0 Å². The largest absolute Gasteiger partial charge is 0.308 e. The molecule has 1 fully saturated rings. The van der Waals surface area contributed by atoms with Gasteiger partial charge in [0.1, 0.15) is 0 Å². The zero-order valence-electron chi connectivity index (χ0n) is 11.7. The van der Waals surface area contributed by atoms with Gasteiger partial charge in [-0.2, -0.15) is 8.78 Å². The molecule has 0 spiro atoms. The summed E-state index contributed by atoms with van der Waals surface area (Å²) in [5.41, 5.74) is 0.0966. The molecular weight excluding hydrogens is 244 g/mol. The van der Waals surface area contributed by atoms with E-state index in [1.165, 1.54) is 12.1 Å². The highest BCUT2D eigenvalue weighted by molar-refractivity contribution is 5.20. The molecule has 19 heavy (non-hydrogen) atoms. The van der Waals surface area contributed by atoms with Crippen LogP contribution in [0, 0.1) is 11.8 Å². The van der Waals surface area contributed by atoms with Gasteiger partial charge in [-0.15, -0.1) is 0 Å². The minimum atomic E-state index is -2.79. The van der Waals surface area contributed by atoms with Crippen LogP contribution < -0.4 is 5.32 Å². The van der Waals surface area contributed by atoms with E-state index in [1.54, 1.807) is 18.2 Å². The fourth-order valence-electron chi connectivity index (χ4n) is 3.01. The molecule has 1 N–H and O–H groups in total. The Morgan fingerprint density at radius 1 is 1.16 bits per heavy atom. The molecule has 0 aromatic heterocycles. The maximum absolute atomic E-state index is 14.1. The first-order valence-electron chi connectivity index (χ1n) is 7.16. The number of hydrogen-bond donors (Lipinski definition) is 1. The van der Waals surface area contributed by atoms with Gasteiger partial charge in [0.05, 0.1) is 6.54 Å². The predicted molar refractivity (Wildman–Crippen MR) is 74.3 cm³/mol. The van der Waals surface area contributed by atoms with Crippen molar-refractivity contribution in [3.63, 3.8) is 0 Å². The van der Waals surface area contributed by atoms with Gasteiger partial charge >= 0.3 is 0 Å². The Balaban J connectivity index is 1.91. The first-order chi connectivity index (χ1) is 8.99. The van der Waals surface area contributed by atoms with Crippen molar-refractivity contribution in [1.29, 1.82) is 0 Å². The Morgan fingerprint density at radius 2 is 1.84 bits per heavy atom. The Bertz CT molecular complexity index is 391. The fraction of sp³-hybridized carbons (Fsp3) is 0.625. The van der Waals surface area contributed by atoms with Crippen molar-refractivity contribution in [2.75, 3.05) is 6.54 Å². The number of halogens is 2. The highest BCUT2D eigenvalue weighted by Gasteiger charge is 2.33. The molecule has 2 rings (SSSR count). The molecule has 0 heterocycles. The number of rotatable bonds is 4. The average molecular weight is 267 g/mol. The van der Waals surface area contributed by atoms with Crippen LogP contribution in [0.3, 0.4) is 0 Å². The predicted octanol–water partition coefficient (Wildman–Crippen LogP) is 4.19. The Hall–Kier alpha value is -0.960. The maximum Gasteiger partial charge on any atom is 0.285 e. The molecule has 3 unspecified atom stereocenters. The molecule has 1 aliphatic rings. The van der Waals surface area contributed by atoms with Gasteiger partial charge in [-0.05, 0) is 31.1 Å². The Morgan fingerprint density at radius 3 is 2.47 bits per heavy atom. The van der Waals surface area contributed by atoms with Crippen molar-refractivity contribution in [2.24, 2.45) is 11.8 Å². The van der Waals surface area contributed by atoms with E-state index in [0.29, 0.717) is 5.92 Å². The minimum absolute atomic E-state index is 0.0966. The fourth-order valence-corrected chi connectivity index (χ4v) is 3.01. The van der Waals surface area contributed by atoms with Gasteiger partial charge < -0.3 is 5.32 Å². The van der Waals surface area contributed by atoms with Gasteiger partial charge in [0.15, 0.2) is 0 Å². The summed E-state index contributed by atoms with van der Waals surface area (Å²) in [7, 11) is 0. The molecule has 1 aromatic rings. The van der Waals surface area contributed by atoms with Gasteiger partial charge in [0, 0.05) is 11.6 Å². The quantitative estimate of drug-likeness (QED) is 0.862. The summed E-state index contributed by atoms with van der Waals surface area (Å²) < 4.78 is 28.1. The molecule has 1 aliphatic carbocycles. The standard InChI is InChI=1S/C16H23F2N/c1-12-8-9-15(13(2)10-12)19-11-16(17,18)14-6-4-3-5-7-14/h3-7,12-13,15,19H,8-11H2,1-2H3. The number of benzene rings is 1. The summed E-state index contributed by atoms with van der Waals surface area (Å²) in [6, 6.07) is 8.30. The van der Waals surface area contributed by atoms with Crippen molar-refractivity contribution in [2.45, 2.75) is 45.1 Å². The first kappa shape index (κ1) is 14.4. The lowest BCUT2D eigenvalue weighted by Crippen LogP contribution is -2.43. The molecule has 0 aliphatic heterocycles. The van der Waals surface area contributed by atoms with Crippen LogP contribution in [0.25, 0.3) is 0 Å². The molecule has 106 valence electrons. The molecule has 3 heteroatoms. The smallest absolute Gasteiger partial charge is 0.285 e. The summed E-state index contributed by atoms with van der Waals surface area (Å²) in [4.78, 5) is 0. The summed E-state index contributed by atoms with van der Waals surface area (Å²) in [5.74, 6) is -1.58. The van der Waals surface area contributed by atoms with E-state index in [4.69, 9.17) is 0 Å². The van der Waals surface area contributed by atoms with Crippen molar-refractivity contribution >= 4 is 0 Å². The summed E-state index contributed by atoms with van der Waals surface area (Å²) in [6.45, 7) is 4.14. The van der Waals surface area contributed by atoms with Crippen LogP contribution in [-0.2, 0) is 5.92 Å². The van der Waals surface area contributed by atoms with E-state index in [1.807, 2.05) is 0 Å². The van der Waals surface area contributed by atoms with E-state index in [2.05, 4.69) is 19.2 Å². The number of hydrogen-bond acceptors (Lipinski definition) is 1. The highest BCUT2D eigenvalue weighted by atomic mass is 19.3. The van der Waals surface area contributed by atoms with Crippen LogP contribution >= 0.6 is 0 Å². The van der Waals surface area contributed by atoms with Crippen molar-refractivity contribution in [3.05, 3.63) is 35.9 Å². The normalized spacial score (nSPS) is 28.3. The van der Waals surface area contributed by atoms with E-state index < -0.39 is 5.92 Å². The second-order valence-electron chi connectivity index (χ2n) is 5.95. The third-order valence-electron chi connectivity index (χ3n) is 4.21. The number of nitrogens with one attached hydrogen (secondary N) is 1. The third-order valence-corrected chi connectivity index (χ3v) is 4.21. The summed E-state index contributed by atoms with van der Waals surface area (Å²) >= 11 is 0. The van der Waals surface area contributed by atoms with Crippen molar-refractivity contribution in [1.82, 2.24) is 5.32 Å². The van der Waals surface area contributed by atoms with Crippen LogP contribution in [0.15, 0.2) is 30.3 Å². The molecule has 0 saturated heterocycles. The lowest BCUT2D eigenvalue weighted by molar-refractivity contribution is -0.00924. The third kappa shape index (κ3) is 3.75. The van der Waals surface area contributed by atoms with Crippen molar-refractivity contribution in [3.8, 4) is 0 Å². The molecule has 3 atom stereocenters. The van der Waals surface area contributed by atoms with E-state index in [9.17, 15) is 8.78 Å². The molecule has 0 bridgehead atoms. The Labute approximate surface area is 114 Å². The number of alkyl halides is 2. The summed E-state index contributed by atoms with van der Waals surface area (Å²) in [6.07, 6.45) is 3.28. The topological polar surface area (TPSA) is 12.0 Å². The van der Waals surface area contributed by atoms with Crippen LogP contribution in [-0.4, -0.2) is 12.6 Å². The lowest BCUT2D eigenvalue weighted by Gasteiger charge is -2.34. The van der Waals surface area contributed by atoms with E-state index in [-0.39, 0.29) is 18.2 Å². The van der Waals surface area contributed by atoms with Crippen molar-refractivity contribution < 1.29 is 8.78 Å². The van der Waals surface area contributed by atoms with Gasteiger partial charge in [-0.25, -0.2) is 0 Å². The SMILES string of the molecule is CC1CCC(NCC(F)(F)c2ccccc2)C(C)C1. The van der Waals surface area contributed by atoms with Gasteiger partial charge in [-0.3, -0.25) is 0 Å². The molecule has 1 saturated carbocycles. The zero-order valence-corrected chi connectivity index (χ0v) is 11.7. The molecule has 0 amide bonds. The van der Waals surface area contributed by atoms with Gasteiger partial charge in [-0.1, -0.05) is 44.2 Å². The maximum atomic E-state index is 14.1. The molecule has 0 radical (unpaired) electrons. The average Bonchev–Trinajstić information content (AvgIpc) is 2.39. The van der Waals surface area contributed by atoms with Gasteiger partial charge in [0.25, 0.3) is 5.92 Å². The first-order valence-corrected chi connectivity index (χ1v) is 7.16. The Kier molecular flexibility index (Phi) is 4.56. The van der Waals surface area contributed by atoms with Crippen LogP contribution in [0.1, 0.15) is 38.7 Å². The second kappa shape index (κ2) is 6.00. The molecule has 1 nitrogen and oxygen atoms in total. The monoisotopic (exact) mass is 267 g/mol. The lowest BCUT2D eigenvalue weighted by atomic mass is 9.80. The van der Waals surface area contributed by atoms with Crippen LogP contribution in [0.4, 0.5) is 8.78 Å².